The van der Waals surface area contributed by atoms with E-state index in [-0.39, 0.29) is 12.1 Å². The third-order valence-corrected chi connectivity index (χ3v) is 5.28. The number of likely N-dealkylation sites (tertiary alicyclic amines) is 1. The fraction of sp³-hybridized carbons (Fsp3) is 0.818. The summed E-state index contributed by atoms with van der Waals surface area (Å²) < 4.78 is 31.7. The topological polar surface area (TPSA) is 131 Å². The van der Waals surface area contributed by atoms with E-state index in [0.717, 1.165) is 25.9 Å². The first-order valence-electron chi connectivity index (χ1n) is 7.23. The van der Waals surface area contributed by atoms with E-state index in [1.54, 1.807) is 0 Å². The van der Waals surface area contributed by atoms with Gasteiger partial charge in [0, 0.05) is 25.7 Å². The predicted molar refractivity (Wildman–Crippen MR) is 74.9 cm³/mol. The van der Waals surface area contributed by atoms with E-state index in [1.165, 1.54) is 4.90 Å². The molecule has 3 rings (SSSR count). The summed E-state index contributed by atoms with van der Waals surface area (Å²) in [6.45, 7) is 1.75. The molecule has 4 N–H and O–H groups in total. The summed E-state index contributed by atoms with van der Waals surface area (Å²) in [6, 6.07) is -1.79. The van der Waals surface area contributed by atoms with Crippen LogP contribution in [0.5, 0.6) is 0 Å². The molecule has 0 aromatic rings. The van der Waals surface area contributed by atoms with Gasteiger partial charge in [-0.15, -0.1) is 0 Å². The van der Waals surface area contributed by atoms with Crippen molar-refractivity contribution in [3.8, 4) is 0 Å². The summed E-state index contributed by atoms with van der Waals surface area (Å²) in [6.07, 6.45) is 1.88. The molecule has 3 heterocycles. The number of hydrogen-bond acceptors (Lipinski definition) is 6. The van der Waals surface area contributed by atoms with Crippen molar-refractivity contribution >= 4 is 22.2 Å². The van der Waals surface area contributed by atoms with Crippen molar-refractivity contribution < 1.29 is 22.6 Å². The Balaban J connectivity index is 1.62. The van der Waals surface area contributed by atoms with Gasteiger partial charge in [0.05, 0.1) is 6.04 Å². The summed E-state index contributed by atoms with van der Waals surface area (Å²) in [7, 11) is -4.54. The van der Waals surface area contributed by atoms with Crippen LogP contribution < -0.4 is 16.2 Å². The standard InChI is InChI=1S/C11H19N5O5S/c17-10-9-8(16(10)22(19,20)21)3-6-15(9)11(18)14-7-1-4-12-13-5-2-7/h7-9,12-13H,1-6H2,(H,14,18)(H,19,20,21)/t8?,9-/m0/s1. The molecule has 1 unspecified atom stereocenters. The van der Waals surface area contributed by atoms with Gasteiger partial charge in [0.15, 0.2) is 0 Å². The second-order valence-corrected chi connectivity index (χ2v) is 6.97. The zero-order valence-corrected chi connectivity index (χ0v) is 12.7. The summed E-state index contributed by atoms with van der Waals surface area (Å²) >= 11 is 0. The number of urea groups is 1. The van der Waals surface area contributed by atoms with Gasteiger partial charge in [0.25, 0.3) is 5.91 Å². The van der Waals surface area contributed by atoms with Gasteiger partial charge < -0.3 is 10.2 Å². The third kappa shape index (κ3) is 2.64. The lowest BCUT2D eigenvalue weighted by atomic mass is 10.0. The van der Waals surface area contributed by atoms with E-state index >= 15 is 0 Å². The number of fused-ring (bicyclic) bond motifs is 1. The van der Waals surface area contributed by atoms with Gasteiger partial charge in [0.1, 0.15) is 6.04 Å². The van der Waals surface area contributed by atoms with Crippen LogP contribution >= 0.6 is 0 Å². The number of hydrogen-bond donors (Lipinski definition) is 4. The molecule has 3 saturated heterocycles. The molecule has 3 aliphatic heterocycles. The number of hydrazine groups is 1. The molecule has 0 aromatic carbocycles. The van der Waals surface area contributed by atoms with Crippen LogP contribution in [-0.2, 0) is 15.1 Å². The van der Waals surface area contributed by atoms with Crippen molar-refractivity contribution in [3.63, 3.8) is 0 Å². The van der Waals surface area contributed by atoms with Crippen molar-refractivity contribution in [1.29, 1.82) is 0 Å². The number of carbonyl (C=O) groups excluding carboxylic acids is 2. The van der Waals surface area contributed by atoms with E-state index in [9.17, 15) is 18.0 Å². The highest BCUT2D eigenvalue weighted by atomic mass is 32.2. The molecule has 0 aromatic heterocycles. The summed E-state index contributed by atoms with van der Waals surface area (Å²) in [5.74, 6) is -0.746. The van der Waals surface area contributed by atoms with Crippen LogP contribution in [0.2, 0.25) is 0 Å². The Morgan fingerprint density at radius 3 is 2.45 bits per heavy atom. The fourth-order valence-corrected chi connectivity index (χ4v) is 4.16. The molecule has 11 heteroatoms. The van der Waals surface area contributed by atoms with E-state index in [0.29, 0.717) is 17.3 Å². The van der Waals surface area contributed by atoms with Crippen molar-refractivity contribution in [1.82, 2.24) is 25.4 Å². The second kappa shape index (κ2) is 5.65. The first kappa shape index (κ1) is 15.5. The van der Waals surface area contributed by atoms with Gasteiger partial charge in [0.2, 0.25) is 0 Å². The highest BCUT2D eigenvalue weighted by Gasteiger charge is 2.60. The Kier molecular flexibility index (Phi) is 3.97. The molecular formula is C11H19N5O5S. The fourth-order valence-electron chi connectivity index (χ4n) is 3.26. The van der Waals surface area contributed by atoms with E-state index < -0.39 is 28.3 Å². The SMILES string of the molecule is O=C(NC1CCNNCC1)N1CCC2[C@H]1C(=O)N2S(=O)(=O)O. The minimum atomic E-state index is -4.54. The van der Waals surface area contributed by atoms with E-state index in [1.807, 2.05) is 0 Å². The number of nitrogens with zero attached hydrogens (tertiary/aromatic N) is 2. The number of rotatable bonds is 2. The van der Waals surface area contributed by atoms with Crippen LogP contribution in [0.4, 0.5) is 4.79 Å². The van der Waals surface area contributed by atoms with Crippen LogP contribution in [0, 0.1) is 0 Å². The van der Waals surface area contributed by atoms with Crippen LogP contribution in [0.1, 0.15) is 19.3 Å². The summed E-state index contributed by atoms with van der Waals surface area (Å²) in [5.41, 5.74) is 6.01. The van der Waals surface area contributed by atoms with Crippen molar-refractivity contribution in [2.75, 3.05) is 19.6 Å². The maximum absolute atomic E-state index is 12.3. The van der Waals surface area contributed by atoms with Gasteiger partial charge >= 0.3 is 16.3 Å². The van der Waals surface area contributed by atoms with Gasteiger partial charge in [-0.1, -0.05) is 0 Å². The quantitative estimate of drug-likeness (QED) is 0.341. The molecule has 0 saturated carbocycles. The maximum Gasteiger partial charge on any atom is 0.362 e. The van der Waals surface area contributed by atoms with Crippen LogP contribution in [0.3, 0.4) is 0 Å². The smallest absolute Gasteiger partial charge is 0.335 e. The zero-order chi connectivity index (χ0) is 15.9. The molecule has 0 spiro atoms. The Morgan fingerprint density at radius 2 is 1.86 bits per heavy atom. The normalized spacial score (nSPS) is 29.8. The lowest BCUT2D eigenvalue weighted by Crippen LogP contribution is -2.69. The van der Waals surface area contributed by atoms with Crippen LogP contribution in [-0.4, -0.2) is 71.9 Å². The molecule has 2 atom stereocenters. The molecule has 22 heavy (non-hydrogen) atoms. The minimum absolute atomic E-state index is 0.00176. The minimum Gasteiger partial charge on any atom is -0.335 e. The average Bonchev–Trinajstić information content (AvgIpc) is 2.60. The molecule has 0 bridgehead atoms. The molecule has 0 radical (unpaired) electrons. The highest BCUT2D eigenvalue weighted by Crippen LogP contribution is 2.35. The molecule has 3 fully saturated rings. The molecule has 10 nitrogen and oxygen atoms in total. The molecule has 3 aliphatic rings. The van der Waals surface area contributed by atoms with Crippen molar-refractivity contribution in [3.05, 3.63) is 0 Å². The van der Waals surface area contributed by atoms with Gasteiger partial charge in [-0.05, 0) is 19.3 Å². The average molecular weight is 333 g/mol. The Bertz CT molecular complexity index is 573. The molecule has 124 valence electrons. The van der Waals surface area contributed by atoms with Crippen LogP contribution in [0.15, 0.2) is 0 Å². The highest BCUT2D eigenvalue weighted by molar-refractivity contribution is 7.84. The first-order chi connectivity index (χ1) is 10.4. The lowest BCUT2D eigenvalue weighted by molar-refractivity contribution is -0.143. The number of amides is 3. The largest absolute Gasteiger partial charge is 0.362 e. The van der Waals surface area contributed by atoms with E-state index in [4.69, 9.17) is 4.55 Å². The first-order valence-corrected chi connectivity index (χ1v) is 8.63. The molecule has 0 aliphatic carbocycles. The monoisotopic (exact) mass is 333 g/mol. The van der Waals surface area contributed by atoms with Gasteiger partial charge in [-0.25, -0.2) is 9.10 Å². The Hall–Kier alpha value is -1.43. The zero-order valence-electron chi connectivity index (χ0n) is 11.9. The van der Waals surface area contributed by atoms with Crippen LogP contribution in [0.25, 0.3) is 0 Å². The predicted octanol–water partition coefficient (Wildman–Crippen LogP) is -1.96. The maximum atomic E-state index is 12.3. The van der Waals surface area contributed by atoms with Gasteiger partial charge in [-0.3, -0.25) is 20.2 Å². The Labute approximate surface area is 128 Å². The summed E-state index contributed by atoms with van der Waals surface area (Å²) in [5, 5.41) is 2.88. The molecule has 3 amide bonds. The number of β-lactam (4-membered cyclic amide) rings is 1. The number of carbonyl (C=O) groups is 2. The lowest BCUT2D eigenvalue weighted by Gasteiger charge is -2.42. The summed E-state index contributed by atoms with van der Waals surface area (Å²) in [4.78, 5) is 25.6. The third-order valence-electron chi connectivity index (χ3n) is 4.34. The number of nitrogens with one attached hydrogen (secondary N) is 3. The second-order valence-electron chi connectivity index (χ2n) is 5.68. The van der Waals surface area contributed by atoms with Crippen molar-refractivity contribution in [2.45, 2.75) is 37.4 Å². The van der Waals surface area contributed by atoms with Crippen molar-refractivity contribution in [2.24, 2.45) is 0 Å². The van der Waals surface area contributed by atoms with E-state index in [2.05, 4.69) is 16.2 Å². The molecular weight excluding hydrogens is 314 g/mol. The Morgan fingerprint density at radius 1 is 1.23 bits per heavy atom. The van der Waals surface area contributed by atoms with Gasteiger partial charge in [-0.2, -0.15) is 8.42 Å².